The highest BCUT2D eigenvalue weighted by atomic mass is 35.5. The van der Waals surface area contributed by atoms with Gasteiger partial charge >= 0.3 is 5.97 Å². The van der Waals surface area contributed by atoms with Gasteiger partial charge in [-0.05, 0) is 24.9 Å². The Morgan fingerprint density at radius 2 is 2.18 bits per heavy atom. The number of aliphatic carboxylic acids is 1. The number of hydrogen-bond donors (Lipinski definition) is 2. The maximum absolute atomic E-state index is 12.2. The van der Waals surface area contributed by atoms with Gasteiger partial charge in [0.05, 0.1) is 11.2 Å². The van der Waals surface area contributed by atoms with Crippen molar-refractivity contribution in [2.24, 2.45) is 0 Å². The first-order valence-corrected chi connectivity index (χ1v) is 9.43. The fourth-order valence-corrected chi connectivity index (χ4v) is 2.81. The average molecular weight is 364 g/mol. The van der Waals surface area contributed by atoms with Crippen LogP contribution in [-0.4, -0.2) is 50.8 Å². The Morgan fingerprint density at radius 1 is 1.45 bits per heavy atom. The van der Waals surface area contributed by atoms with Crippen molar-refractivity contribution in [3.8, 4) is 0 Å². The first kappa shape index (κ1) is 19.1. The molecule has 0 aliphatic heterocycles. The topological polar surface area (TPSA) is 92.2 Å². The van der Waals surface area contributed by atoms with Crippen LogP contribution in [0, 0.1) is 0 Å². The average Bonchev–Trinajstić information content (AvgIpc) is 2.50. The maximum atomic E-state index is 12.2. The number of amides is 1. The van der Waals surface area contributed by atoms with E-state index in [4.69, 9.17) is 16.7 Å². The minimum absolute atomic E-state index is 0.00525. The molecule has 0 aromatic carbocycles. The molecule has 0 fully saturated rings. The first-order chi connectivity index (χ1) is 10.5. The summed E-state index contributed by atoms with van der Waals surface area (Å²) in [5.74, 6) is -0.215. The van der Waals surface area contributed by atoms with Crippen LogP contribution in [0.2, 0.25) is 5.02 Å². The Morgan fingerprint density at radius 3 is 2.77 bits per heavy atom. The summed E-state index contributed by atoms with van der Waals surface area (Å²) in [6, 6.07) is -0.960. The van der Waals surface area contributed by atoms with Crippen molar-refractivity contribution in [2.45, 2.75) is 31.0 Å². The van der Waals surface area contributed by atoms with E-state index in [1.165, 1.54) is 29.7 Å². The van der Waals surface area contributed by atoms with Gasteiger partial charge in [0.15, 0.2) is 10.9 Å². The molecule has 2 N–H and O–H groups in total. The van der Waals surface area contributed by atoms with E-state index in [1.807, 2.05) is 13.2 Å². The molecule has 1 rings (SSSR count). The van der Waals surface area contributed by atoms with E-state index in [0.29, 0.717) is 17.3 Å². The Labute approximate surface area is 142 Å². The zero-order valence-corrected chi connectivity index (χ0v) is 14.7. The number of nitrogens with one attached hydrogen (secondary N) is 1. The van der Waals surface area contributed by atoms with Gasteiger partial charge in [0, 0.05) is 5.75 Å². The molecule has 122 valence electrons. The lowest BCUT2D eigenvalue weighted by atomic mass is 10.2. The summed E-state index contributed by atoms with van der Waals surface area (Å²) in [6.45, 7) is 2.03. The van der Waals surface area contributed by atoms with Crippen molar-refractivity contribution in [1.29, 1.82) is 0 Å². The summed E-state index contributed by atoms with van der Waals surface area (Å²) in [5.41, 5.74) is 0.00525. The molecule has 9 heteroatoms. The van der Waals surface area contributed by atoms with Gasteiger partial charge in [-0.3, -0.25) is 4.79 Å². The number of nitrogens with zero attached hydrogens (tertiary/aromatic N) is 2. The number of hydrogen-bond acceptors (Lipinski definition) is 6. The van der Waals surface area contributed by atoms with E-state index in [2.05, 4.69) is 15.3 Å². The third kappa shape index (κ3) is 6.02. The lowest BCUT2D eigenvalue weighted by molar-refractivity contribution is -0.139. The van der Waals surface area contributed by atoms with Crippen LogP contribution in [-0.2, 0) is 4.79 Å². The predicted molar refractivity (Wildman–Crippen MR) is 89.9 cm³/mol. The van der Waals surface area contributed by atoms with Crippen LogP contribution in [0.25, 0.3) is 0 Å². The summed E-state index contributed by atoms with van der Waals surface area (Å²) in [7, 11) is 0. The van der Waals surface area contributed by atoms with Crippen LogP contribution >= 0.6 is 35.1 Å². The number of carbonyl (C=O) groups is 2. The molecule has 0 radical (unpaired) electrons. The van der Waals surface area contributed by atoms with Crippen molar-refractivity contribution in [1.82, 2.24) is 15.3 Å². The highest BCUT2D eigenvalue weighted by molar-refractivity contribution is 7.99. The molecule has 0 saturated carbocycles. The van der Waals surface area contributed by atoms with Crippen LogP contribution in [0.15, 0.2) is 11.4 Å². The van der Waals surface area contributed by atoms with Gasteiger partial charge in [-0.2, -0.15) is 11.8 Å². The molecule has 0 saturated heterocycles. The van der Waals surface area contributed by atoms with Crippen LogP contribution in [0.3, 0.4) is 0 Å². The second kappa shape index (κ2) is 9.91. The number of carboxylic acid groups (broad SMARTS) is 1. The zero-order valence-electron chi connectivity index (χ0n) is 12.3. The number of aromatic nitrogens is 2. The third-order valence-electron chi connectivity index (χ3n) is 2.59. The zero-order chi connectivity index (χ0) is 16.5. The summed E-state index contributed by atoms with van der Waals surface area (Å²) in [5, 5.41) is 12.2. The molecule has 6 nitrogen and oxygen atoms in total. The molecule has 1 amide bonds. The monoisotopic (exact) mass is 363 g/mol. The first-order valence-electron chi connectivity index (χ1n) is 6.67. The van der Waals surface area contributed by atoms with Gasteiger partial charge in [0.1, 0.15) is 6.04 Å². The van der Waals surface area contributed by atoms with Crippen molar-refractivity contribution < 1.29 is 14.7 Å². The standard InChI is InChI=1S/C13H18ClN3O3S2/c1-3-5-22-13-15-7-8(14)10(17-13)11(18)16-9(12(19)20)4-6-21-2/h7,9H,3-6H2,1-2H3,(H,16,18)(H,19,20)/t9-/m0/s1. The van der Waals surface area contributed by atoms with Crippen molar-refractivity contribution in [3.63, 3.8) is 0 Å². The Kier molecular flexibility index (Phi) is 8.59. The molecule has 0 unspecified atom stereocenters. The summed E-state index contributed by atoms with van der Waals surface area (Å²) in [6.07, 6.45) is 4.52. The van der Waals surface area contributed by atoms with E-state index in [0.717, 1.165) is 12.2 Å². The molecule has 1 atom stereocenters. The quantitative estimate of drug-likeness (QED) is 0.514. The Bertz CT molecular complexity index is 531. The number of carboxylic acids is 1. The van der Waals surface area contributed by atoms with Gasteiger partial charge in [0.2, 0.25) is 0 Å². The van der Waals surface area contributed by atoms with Crippen molar-refractivity contribution in [3.05, 3.63) is 16.9 Å². The maximum Gasteiger partial charge on any atom is 0.326 e. The van der Waals surface area contributed by atoms with Gasteiger partial charge in [0.25, 0.3) is 5.91 Å². The smallest absolute Gasteiger partial charge is 0.326 e. The number of halogens is 1. The van der Waals surface area contributed by atoms with Gasteiger partial charge in [-0.1, -0.05) is 30.3 Å². The van der Waals surface area contributed by atoms with Crippen LogP contribution in [0.4, 0.5) is 0 Å². The summed E-state index contributed by atoms with van der Waals surface area (Å²) >= 11 is 8.88. The summed E-state index contributed by atoms with van der Waals surface area (Å²) in [4.78, 5) is 31.5. The Hall–Kier alpha value is -0.990. The molecule has 0 aliphatic rings. The van der Waals surface area contributed by atoms with Crippen LogP contribution in [0.1, 0.15) is 30.3 Å². The molecule has 1 aromatic heterocycles. The van der Waals surface area contributed by atoms with Crippen molar-refractivity contribution >= 4 is 47.0 Å². The third-order valence-corrected chi connectivity index (χ3v) is 4.57. The summed E-state index contributed by atoms with van der Waals surface area (Å²) < 4.78 is 0. The molecule has 0 aliphatic carbocycles. The number of rotatable bonds is 9. The molecular weight excluding hydrogens is 346 g/mol. The lowest BCUT2D eigenvalue weighted by Crippen LogP contribution is -2.41. The van der Waals surface area contributed by atoms with Crippen LogP contribution < -0.4 is 5.32 Å². The van der Waals surface area contributed by atoms with E-state index < -0.39 is 17.9 Å². The Balaban J connectivity index is 2.84. The fourth-order valence-electron chi connectivity index (χ4n) is 1.49. The van der Waals surface area contributed by atoms with E-state index in [1.54, 1.807) is 0 Å². The molecule has 22 heavy (non-hydrogen) atoms. The van der Waals surface area contributed by atoms with Crippen LogP contribution in [0.5, 0.6) is 0 Å². The van der Waals surface area contributed by atoms with Gasteiger partial charge < -0.3 is 10.4 Å². The fraction of sp³-hybridized carbons (Fsp3) is 0.538. The minimum Gasteiger partial charge on any atom is -0.480 e. The molecule has 0 spiro atoms. The minimum atomic E-state index is -1.08. The van der Waals surface area contributed by atoms with Gasteiger partial charge in [-0.25, -0.2) is 14.8 Å². The second-order valence-electron chi connectivity index (χ2n) is 4.34. The lowest BCUT2D eigenvalue weighted by Gasteiger charge is -2.14. The van der Waals surface area contributed by atoms with E-state index >= 15 is 0 Å². The second-order valence-corrected chi connectivity index (χ2v) is 6.80. The van der Waals surface area contributed by atoms with E-state index in [9.17, 15) is 9.59 Å². The predicted octanol–water partition coefficient (Wildman–Crippen LogP) is 2.57. The molecule has 1 heterocycles. The van der Waals surface area contributed by atoms with E-state index in [-0.39, 0.29) is 10.7 Å². The van der Waals surface area contributed by atoms with Gasteiger partial charge in [-0.15, -0.1) is 0 Å². The molecule has 1 aromatic rings. The number of carbonyl (C=O) groups excluding carboxylic acids is 1. The number of thioether (sulfide) groups is 2. The largest absolute Gasteiger partial charge is 0.480 e. The highest BCUT2D eigenvalue weighted by Crippen LogP contribution is 2.19. The molecular formula is C13H18ClN3O3S2. The SMILES string of the molecule is CCCSc1ncc(Cl)c(C(=O)N[C@@H](CCSC)C(=O)O)n1. The van der Waals surface area contributed by atoms with Crippen molar-refractivity contribution in [2.75, 3.05) is 17.8 Å². The molecule has 0 bridgehead atoms. The highest BCUT2D eigenvalue weighted by Gasteiger charge is 2.22. The normalized spacial score (nSPS) is 12.0.